The number of hydrogen-bond acceptors (Lipinski definition) is 2. The van der Waals surface area contributed by atoms with Gasteiger partial charge in [0.25, 0.3) is 0 Å². The average molecular weight is 171 g/mol. The molecule has 2 heterocycles. The van der Waals surface area contributed by atoms with Gasteiger partial charge in [-0.2, -0.15) is 0 Å². The normalized spacial score (nSPS) is 26.8. The van der Waals surface area contributed by atoms with Crippen molar-refractivity contribution in [3.63, 3.8) is 0 Å². The highest BCUT2D eigenvalue weighted by molar-refractivity contribution is 5.65. The SMILES string of the molecule is O=C(O)N1CCC2(CCO2)CC1. The molecule has 1 amide bonds. The van der Waals surface area contributed by atoms with Crippen LogP contribution in [0.2, 0.25) is 0 Å². The van der Waals surface area contributed by atoms with Crippen molar-refractivity contribution in [3.05, 3.63) is 0 Å². The summed E-state index contributed by atoms with van der Waals surface area (Å²) in [5.41, 5.74) is 0.0615. The summed E-state index contributed by atoms with van der Waals surface area (Å²) in [7, 11) is 0. The molecule has 1 spiro atoms. The van der Waals surface area contributed by atoms with Gasteiger partial charge in [-0.25, -0.2) is 4.79 Å². The first-order valence-corrected chi connectivity index (χ1v) is 4.34. The van der Waals surface area contributed by atoms with Crippen molar-refractivity contribution < 1.29 is 14.6 Å². The number of rotatable bonds is 0. The van der Waals surface area contributed by atoms with Crippen molar-refractivity contribution in [2.75, 3.05) is 19.7 Å². The van der Waals surface area contributed by atoms with Gasteiger partial charge in [0.05, 0.1) is 12.2 Å². The standard InChI is InChI=1S/C8H13NO3/c10-7(11)9-4-1-8(2-5-9)3-6-12-8/h1-6H2,(H,10,11). The summed E-state index contributed by atoms with van der Waals surface area (Å²) in [6.07, 6.45) is 2.06. The van der Waals surface area contributed by atoms with Crippen LogP contribution in [0.3, 0.4) is 0 Å². The Morgan fingerprint density at radius 1 is 1.33 bits per heavy atom. The number of nitrogens with zero attached hydrogens (tertiary/aromatic N) is 1. The molecule has 2 aliphatic rings. The number of carbonyl (C=O) groups is 1. The Labute approximate surface area is 71.1 Å². The molecule has 0 unspecified atom stereocenters. The molecule has 2 aliphatic heterocycles. The number of likely N-dealkylation sites (tertiary alicyclic amines) is 1. The molecule has 2 fully saturated rings. The predicted octanol–water partition coefficient (Wildman–Crippen LogP) is 0.919. The van der Waals surface area contributed by atoms with Crippen LogP contribution in [-0.2, 0) is 4.74 Å². The van der Waals surface area contributed by atoms with Gasteiger partial charge in [0.15, 0.2) is 0 Å². The molecule has 0 aromatic carbocycles. The smallest absolute Gasteiger partial charge is 0.407 e. The quantitative estimate of drug-likeness (QED) is 0.589. The summed E-state index contributed by atoms with van der Waals surface area (Å²) < 4.78 is 5.47. The maximum Gasteiger partial charge on any atom is 0.407 e. The van der Waals surface area contributed by atoms with Crippen LogP contribution in [0.4, 0.5) is 4.79 Å². The summed E-state index contributed by atoms with van der Waals surface area (Å²) in [5, 5.41) is 8.68. The van der Waals surface area contributed by atoms with Gasteiger partial charge in [-0.15, -0.1) is 0 Å². The molecular weight excluding hydrogens is 158 g/mol. The number of ether oxygens (including phenoxy) is 1. The van der Waals surface area contributed by atoms with Gasteiger partial charge in [-0.1, -0.05) is 0 Å². The molecule has 2 rings (SSSR count). The van der Waals surface area contributed by atoms with Crippen molar-refractivity contribution in [2.45, 2.75) is 24.9 Å². The Kier molecular flexibility index (Phi) is 1.72. The van der Waals surface area contributed by atoms with E-state index in [0.717, 1.165) is 25.9 Å². The third-order valence-electron chi connectivity index (χ3n) is 2.91. The first-order valence-electron chi connectivity index (χ1n) is 4.34. The summed E-state index contributed by atoms with van der Waals surface area (Å²) in [5.74, 6) is 0. The van der Waals surface area contributed by atoms with Crippen LogP contribution in [0.1, 0.15) is 19.3 Å². The third-order valence-corrected chi connectivity index (χ3v) is 2.91. The average Bonchev–Trinajstić information content (AvgIpc) is 2.02. The Balaban J connectivity index is 1.88. The van der Waals surface area contributed by atoms with Crippen molar-refractivity contribution in [1.82, 2.24) is 4.90 Å². The topological polar surface area (TPSA) is 49.8 Å². The molecule has 0 aromatic rings. The maximum absolute atomic E-state index is 10.6. The molecule has 12 heavy (non-hydrogen) atoms. The predicted molar refractivity (Wildman–Crippen MR) is 42.1 cm³/mol. The lowest BCUT2D eigenvalue weighted by atomic mass is 9.85. The number of amides is 1. The second kappa shape index (κ2) is 2.62. The van der Waals surface area contributed by atoms with E-state index in [4.69, 9.17) is 9.84 Å². The zero-order chi connectivity index (χ0) is 8.60. The van der Waals surface area contributed by atoms with Gasteiger partial charge in [-0.05, 0) is 19.3 Å². The van der Waals surface area contributed by atoms with Crippen LogP contribution in [0, 0.1) is 0 Å². The summed E-state index contributed by atoms with van der Waals surface area (Å²) in [4.78, 5) is 12.0. The van der Waals surface area contributed by atoms with Gasteiger partial charge < -0.3 is 14.7 Å². The summed E-state index contributed by atoms with van der Waals surface area (Å²) in [6, 6.07) is 0. The lowest BCUT2D eigenvalue weighted by molar-refractivity contribution is -0.170. The Bertz CT molecular complexity index is 190. The van der Waals surface area contributed by atoms with Crippen LogP contribution in [-0.4, -0.2) is 41.4 Å². The Morgan fingerprint density at radius 2 is 1.92 bits per heavy atom. The van der Waals surface area contributed by atoms with Crippen LogP contribution >= 0.6 is 0 Å². The van der Waals surface area contributed by atoms with Gasteiger partial charge >= 0.3 is 6.09 Å². The van der Waals surface area contributed by atoms with Gasteiger partial charge in [0.2, 0.25) is 0 Å². The van der Waals surface area contributed by atoms with E-state index < -0.39 is 6.09 Å². The minimum Gasteiger partial charge on any atom is -0.465 e. The Morgan fingerprint density at radius 3 is 2.25 bits per heavy atom. The fraction of sp³-hybridized carbons (Fsp3) is 0.875. The number of piperidine rings is 1. The zero-order valence-electron chi connectivity index (χ0n) is 6.95. The number of hydrogen-bond donors (Lipinski definition) is 1. The molecule has 4 nitrogen and oxygen atoms in total. The summed E-state index contributed by atoms with van der Waals surface area (Å²) >= 11 is 0. The lowest BCUT2D eigenvalue weighted by Crippen LogP contribution is -2.53. The zero-order valence-corrected chi connectivity index (χ0v) is 6.95. The van der Waals surface area contributed by atoms with Crippen molar-refractivity contribution in [2.24, 2.45) is 0 Å². The van der Waals surface area contributed by atoms with Crippen molar-refractivity contribution in [1.29, 1.82) is 0 Å². The second-order valence-corrected chi connectivity index (χ2v) is 3.55. The third kappa shape index (κ3) is 1.16. The molecule has 0 saturated carbocycles. The highest BCUT2D eigenvalue weighted by Crippen LogP contribution is 2.36. The van der Waals surface area contributed by atoms with E-state index in [2.05, 4.69) is 0 Å². The second-order valence-electron chi connectivity index (χ2n) is 3.55. The van der Waals surface area contributed by atoms with E-state index in [-0.39, 0.29) is 5.60 Å². The Hall–Kier alpha value is -0.770. The van der Waals surface area contributed by atoms with Gasteiger partial charge in [0.1, 0.15) is 0 Å². The molecule has 0 bridgehead atoms. The van der Waals surface area contributed by atoms with Gasteiger partial charge in [-0.3, -0.25) is 0 Å². The van der Waals surface area contributed by atoms with Crippen LogP contribution in [0.5, 0.6) is 0 Å². The molecule has 2 saturated heterocycles. The van der Waals surface area contributed by atoms with E-state index in [9.17, 15) is 4.79 Å². The molecule has 68 valence electrons. The van der Waals surface area contributed by atoms with Crippen molar-refractivity contribution >= 4 is 6.09 Å². The highest BCUT2D eigenvalue weighted by Gasteiger charge is 2.41. The van der Waals surface area contributed by atoms with Crippen LogP contribution in [0.25, 0.3) is 0 Å². The molecule has 4 heteroatoms. The molecule has 0 aromatic heterocycles. The summed E-state index contributed by atoms with van der Waals surface area (Å²) in [6.45, 7) is 2.12. The van der Waals surface area contributed by atoms with Crippen molar-refractivity contribution in [3.8, 4) is 0 Å². The van der Waals surface area contributed by atoms with E-state index in [1.54, 1.807) is 0 Å². The molecule has 0 aliphatic carbocycles. The fourth-order valence-electron chi connectivity index (χ4n) is 1.89. The van der Waals surface area contributed by atoms with Gasteiger partial charge in [0, 0.05) is 13.1 Å². The largest absolute Gasteiger partial charge is 0.465 e. The van der Waals surface area contributed by atoms with E-state index >= 15 is 0 Å². The lowest BCUT2D eigenvalue weighted by Gasteiger charge is -2.46. The first kappa shape index (κ1) is 7.86. The maximum atomic E-state index is 10.6. The number of carboxylic acid groups (broad SMARTS) is 1. The first-order chi connectivity index (χ1) is 5.72. The highest BCUT2D eigenvalue weighted by atomic mass is 16.5. The van der Waals surface area contributed by atoms with E-state index in [1.807, 2.05) is 0 Å². The molecular formula is C8H13NO3. The van der Waals surface area contributed by atoms with Crippen LogP contribution < -0.4 is 0 Å². The van der Waals surface area contributed by atoms with E-state index in [1.165, 1.54) is 4.90 Å². The monoisotopic (exact) mass is 171 g/mol. The van der Waals surface area contributed by atoms with Crippen LogP contribution in [0.15, 0.2) is 0 Å². The molecule has 1 N–H and O–H groups in total. The minimum absolute atomic E-state index is 0.0615. The molecule has 0 atom stereocenters. The minimum atomic E-state index is -0.802. The molecule has 0 radical (unpaired) electrons. The fourth-order valence-corrected chi connectivity index (χ4v) is 1.89. The van der Waals surface area contributed by atoms with E-state index in [0.29, 0.717) is 13.1 Å².